The van der Waals surface area contributed by atoms with Crippen LogP contribution in [0.15, 0.2) is 35.3 Å². The average Bonchev–Trinajstić information content (AvgIpc) is 2.61. The maximum atomic E-state index is 5.58. The number of piperazine rings is 1. The van der Waals surface area contributed by atoms with E-state index in [-0.39, 0.29) is 24.0 Å². The van der Waals surface area contributed by atoms with E-state index in [1.807, 2.05) is 0 Å². The molecule has 6 heteroatoms. The van der Waals surface area contributed by atoms with E-state index in [0.29, 0.717) is 6.10 Å². The first-order valence-electron chi connectivity index (χ1n) is 9.15. The van der Waals surface area contributed by atoms with Gasteiger partial charge in [0, 0.05) is 51.6 Å². The second kappa shape index (κ2) is 12.4. The van der Waals surface area contributed by atoms with Crippen LogP contribution in [0.3, 0.4) is 0 Å². The normalized spacial score (nSPS) is 15.3. The quantitative estimate of drug-likeness (QED) is 0.294. The third-order valence-electron chi connectivity index (χ3n) is 4.05. The van der Waals surface area contributed by atoms with Crippen molar-refractivity contribution in [2.24, 2.45) is 4.99 Å². The van der Waals surface area contributed by atoms with Gasteiger partial charge in [-0.1, -0.05) is 18.2 Å². The smallest absolute Gasteiger partial charge is 0.194 e. The zero-order valence-electron chi connectivity index (χ0n) is 15.8. The Morgan fingerprint density at radius 1 is 1.16 bits per heavy atom. The highest BCUT2D eigenvalue weighted by molar-refractivity contribution is 14.0. The molecule has 1 saturated heterocycles. The first-order valence-corrected chi connectivity index (χ1v) is 9.15. The Morgan fingerprint density at radius 2 is 1.84 bits per heavy atom. The number of hydrogen-bond donors (Lipinski definition) is 1. The van der Waals surface area contributed by atoms with Gasteiger partial charge in [-0.05, 0) is 39.3 Å². The summed E-state index contributed by atoms with van der Waals surface area (Å²) in [5, 5.41) is 3.42. The third-order valence-corrected chi connectivity index (χ3v) is 4.05. The lowest BCUT2D eigenvalue weighted by atomic mass is 10.2. The standard InChI is InChI=1S/C19H32N4O.HI/c1-4-20-19(21-11-8-16-24-17(2)3)23-14-12-22(13-15-23)18-9-6-5-7-10-18;/h5-7,9-10,17H,4,8,11-16H2,1-3H3,(H,20,21);1H. The van der Waals surface area contributed by atoms with Crippen molar-refractivity contribution in [1.29, 1.82) is 0 Å². The first-order chi connectivity index (χ1) is 11.7. The number of benzene rings is 1. The van der Waals surface area contributed by atoms with Gasteiger partial charge in [-0.3, -0.25) is 4.99 Å². The zero-order chi connectivity index (χ0) is 17.2. The van der Waals surface area contributed by atoms with Gasteiger partial charge >= 0.3 is 0 Å². The first kappa shape index (κ1) is 22.0. The summed E-state index contributed by atoms with van der Waals surface area (Å²) >= 11 is 0. The maximum absolute atomic E-state index is 5.58. The second-order valence-electron chi connectivity index (χ2n) is 6.32. The molecule has 0 bridgehead atoms. The minimum atomic E-state index is 0. The van der Waals surface area contributed by atoms with Crippen LogP contribution in [-0.2, 0) is 4.74 Å². The van der Waals surface area contributed by atoms with Crippen LogP contribution < -0.4 is 10.2 Å². The Balaban J connectivity index is 0.00000312. The lowest BCUT2D eigenvalue weighted by molar-refractivity contribution is 0.0782. The number of ether oxygens (including phenoxy) is 1. The molecule has 1 heterocycles. The van der Waals surface area contributed by atoms with Crippen molar-refractivity contribution in [1.82, 2.24) is 10.2 Å². The molecule has 25 heavy (non-hydrogen) atoms. The predicted molar refractivity (Wildman–Crippen MR) is 117 cm³/mol. The number of halogens is 1. The minimum Gasteiger partial charge on any atom is -0.379 e. The molecule has 1 aromatic carbocycles. The highest BCUT2D eigenvalue weighted by Gasteiger charge is 2.19. The van der Waals surface area contributed by atoms with E-state index < -0.39 is 0 Å². The largest absolute Gasteiger partial charge is 0.379 e. The molecule has 0 unspecified atom stereocenters. The average molecular weight is 460 g/mol. The molecule has 142 valence electrons. The van der Waals surface area contributed by atoms with E-state index in [9.17, 15) is 0 Å². The summed E-state index contributed by atoms with van der Waals surface area (Å²) in [6, 6.07) is 10.6. The molecule has 0 aromatic heterocycles. The van der Waals surface area contributed by atoms with Crippen LogP contribution in [-0.4, -0.2) is 62.8 Å². The van der Waals surface area contributed by atoms with Crippen molar-refractivity contribution in [3.63, 3.8) is 0 Å². The number of nitrogens with one attached hydrogen (secondary N) is 1. The van der Waals surface area contributed by atoms with Crippen LogP contribution in [0.5, 0.6) is 0 Å². The van der Waals surface area contributed by atoms with Crippen LogP contribution in [0.2, 0.25) is 0 Å². The van der Waals surface area contributed by atoms with Gasteiger partial charge in [0.1, 0.15) is 0 Å². The van der Waals surface area contributed by atoms with Crippen LogP contribution >= 0.6 is 24.0 Å². The van der Waals surface area contributed by atoms with Gasteiger partial charge in [0.05, 0.1) is 6.10 Å². The van der Waals surface area contributed by atoms with Crippen molar-refractivity contribution in [2.75, 3.05) is 50.8 Å². The summed E-state index contributed by atoms with van der Waals surface area (Å²) in [6.45, 7) is 12.8. The fraction of sp³-hybridized carbons (Fsp3) is 0.632. The van der Waals surface area contributed by atoms with Gasteiger partial charge in [0.15, 0.2) is 5.96 Å². The van der Waals surface area contributed by atoms with Crippen molar-refractivity contribution < 1.29 is 4.74 Å². The summed E-state index contributed by atoms with van der Waals surface area (Å²) in [7, 11) is 0. The fourth-order valence-electron chi connectivity index (χ4n) is 2.81. The summed E-state index contributed by atoms with van der Waals surface area (Å²) in [5.41, 5.74) is 1.31. The molecule has 0 amide bonds. The molecule has 0 saturated carbocycles. The molecular weight excluding hydrogens is 427 g/mol. The number of anilines is 1. The van der Waals surface area contributed by atoms with Gasteiger partial charge in [-0.15, -0.1) is 24.0 Å². The molecule has 0 aliphatic carbocycles. The Morgan fingerprint density at radius 3 is 2.44 bits per heavy atom. The molecule has 0 atom stereocenters. The van der Waals surface area contributed by atoms with Crippen LogP contribution in [0.4, 0.5) is 5.69 Å². The van der Waals surface area contributed by atoms with Crippen molar-refractivity contribution in [2.45, 2.75) is 33.3 Å². The molecule has 0 spiro atoms. The van der Waals surface area contributed by atoms with Crippen LogP contribution in [0.25, 0.3) is 0 Å². The van der Waals surface area contributed by atoms with Crippen molar-refractivity contribution in [3.8, 4) is 0 Å². The molecule has 2 rings (SSSR count). The molecule has 1 aliphatic rings. The monoisotopic (exact) mass is 460 g/mol. The number of aliphatic imine (C=N–C) groups is 1. The zero-order valence-corrected chi connectivity index (χ0v) is 18.1. The van der Waals surface area contributed by atoms with Gasteiger partial charge in [0.25, 0.3) is 0 Å². The summed E-state index contributed by atoms with van der Waals surface area (Å²) in [5.74, 6) is 1.04. The predicted octanol–water partition coefficient (Wildman–Crippen LogP) is 3.21. The highest BCUT2D eigenvalue weighted by Crippen LogP contribution is 2.15. The van der Waals surface area contributed by atoms with E-state index in [4.69, 9.17) is 9.73 Å². The summed E-state index contributed by atoms with van der Waals surface area (Å²) in [4.78, 5) is 9.57. The number of guanidine groups is 1. The Kier molecular flexibility index (Phi) is 10.9. The van der Waals surface area contributed by atoms with E-state index in [1.165, 1.54) is 5.69 Å². The van der Waals surface area contributed by atoms with Crippen LogP contribution in [0, 0.1) is 0 Å². The third kappa shape index (κ3) is 7.81. The van der Waals surface area contributed by atoms with Gasteiger partial charge in [-0.25, -0.2) is 0 Å². The minimum absolute atomic E-state index is 0. The Bertz CT molecular complexity index is 487. The molecule has 1 aromatic rings. The maximum Gasteiger partial charge on any atom is 0.194 e. The van der Waals surface area contributed by atoms with Gasteiger partial charge in [0.2, 0.25) is 0 Å². The summed E-state index contributed by atoms with van der Waals surface area (Å²) < 4.78 is 5.58. The Labute approximate surface area is 169 Å². The fourth-order valence-corrected chi connectivity index (χ4v) is 2.81. The molecule has 0 radical (unpaired) electrons. The van der Waals surface area contributed by atoms with E-state index in [0.717, 1.165) is 58.3 Å². The SMILES string of the molecule is CCNC(=NCCCOC(C)C)N1CCN(c2ccccc2)CC1.I. The van der Waals surface area contributed by atoms with Gasteiger partial charge < -0.3 is 19.9 Å². The number of hydrogen-bond acceptors (Lipinski definition) is 3. The molecule has 1 N–H and O–H groups in total. The van der Waals surface area contributed by atoms with Gasteiger partial charge in [-0.2, -0.15) is 0 Å². The second-order valence-corrected chi connectivity index (χ2v) is 6.32. The van der Waals surface area contributed by atoms with Crippen molar-refractivity contribution >= 4 is 35.6 Å². The molecule has 5 nitrogen and oxygen atoms in total. The molecule has 1 aliphatic heterocycles. The summed E-state index contributed by atoms with van der Waals surface area (Å²) in [6.07, 6.45) is 1.27. The topological polar surface area (TPSA) is 40.1 Å². The van der Waals surface area contributed by atoms with E-state index >= 15 is 0 Å². The molecule has 1 fully saturated rings. The number of para-hydroxylation sites is 1. The Hall–Kier alpha value is -1.02. The van der Waals surface area contributed by atoms with E-state index in [2.05, 4.69) is 66.2 Å². The lowest BCUT2D eigenvalue weighted by Crippen LogP contribution is -2.52. The lowest BCUT2D eigenvalue weighted by Gasteiger charge is -2.37. The molecular formula is C19H33IN4O. The number of rotatable bonds is 7. The van der Waals surface area contributed by atoms with Crippen molar-refractivity contribution in [3.05, 3.63) is 30.3 Å². The van der Waals surface area contributed by atoms with Crippen LogP contribution in [0.1, 0.15) is 27.2 Å². The highest BCUT2D eigenvalue weighted by atomic mass is 127. The van der Waals surface area contributed by atoms with E-state index in [1.54, 1.807) is 0 Å². The number of nitrogens with zero attached hydrogens (tertiary/aromatic N) is 3.